The van der Waals surface area contributed by atoms with Gasteiger partial charge < -0.3 is 5.32 Å². The minimum absolute atomic E-state index is 0.0200. The molecule has 33 heavy (non-hydrogen) atoms. The van der Waals surface area contributed by atoms with Crippen molar-refractivity contribution in [1.82, 2.24) is 24.2 Å². The molecule has 1 N–H and O–H groups in total. The molecule has 0 radical (unpaired) electrons. The molecule has 1 atom stereocenters. The number of rotatable bonds is 5. The quantitative estimate of drug-likeness (QED) is 0.604. The molecule has 1 amide bonds. The smallest absolute Gasteiger partial charge is 0.345 e. The number of pyridine rings is 1. The Balaban J connectivity index is 1.52. The number of sulfonamides is 1. The van der Waals surface area contributed by atoms with Crippen LogP contribution in [0.2, 0.25) is 0 Å². The number of hydrogen-bond acceptors (Lipinski definition) is 5. The molecule has 2 aromatic heterocycles. The van der Waals surface area contributed by atoms with Crippen LogP contribution in [0.15, 0.2) is 47.5 Å². The molecule has 0 saturated carbocycles. The number of carbonyl (C=O) groups excluding carboxylic acids is 1. The van der Waals surface area contributed by atoms with E-state index in [1.165, 1.54) is 34.6 Å². The van der Waals surface area contributed by atoms with E-state index in [9.17, 15) is 26.4 Å². The van der Waals surface area contributed by atoms with E-state index in [0.29, 0.717) is 6.54 Å². The zero-order valence-electron chi connectivity index (χ0n) is 17.7. The Labute approximate surface area is 188 Å². The van der Waals surface area contributed by atoms with Crippen molar-refractivity contribution in [2.24, 2.45) is 0 Å². The highest BCUT2D eigenvalue weighted by molar-refractivity contribution is 7.89. The zero-order valence-corrected chi connectivity index (χ0v) is 18.5. The number of alkyl halides is 3. The Bertz CT molecular complexity index is 1290. The van der Waals surface area contributed by atoms with Crippen molar-refractivity contribution in [1.29, 1.82) is 0 Å². The maximum Gasteiger partial charge on any atom is 0.417 e. The third-order valence-electron chi connectivity index (χ3n) is 5.65. The lowest BCUT2D eigenvalue weighted by molar-refractivity contribution is -0.137. The van der Waals surface area contributed by atoms with Crippen molar-refractivity contribution in [3.63, 3.8) is 0 Å². The van der Waals surface area contributed by atoms with Gasteiger partial charge in [-0.3, -0.25) is 9.20 Å². The number of halogens is 3. The van der Waals surface area contributed by atoms with Crippen molar-refractivity contribution >= 4 is 21.6 Å². The minimum Gasteiger partial charge on any atom is -0.345 e. The molecule has 4 rings (SSSR count). The number of carbonyl (C=O) groups is 1. The van der Waals surface area contributed by atoms with Gasteiger partial charge in [0.1, 0.15) is 0 Å². The van der Waals surface area contributed by atoms with Gasteiger partial charge in [0.2, 0.25) is 10.0 Å². The Hall–Kier alpha value is -2.99. The Kier molecular flexibility index (Phi) is 6.14. The predicted octanol–water partition coefficient (Wildman–Crippen LogP) is 3.24. The van der Waals surface area contributed by atoms with Crippen LogP contribution >= 0.6 is 0 Å². The van der Waals surface area contributed by atoms with Gasteiger partial charge in [0.25, 0.3) is 5.91 Å². The summed E-state index contributed by atoms with van der Waals surface area (Å²) < 4.78 is 67.7. The van der Waals surface area contributed by atoms with E-state index in [1.54, 1.807) is 0 Å². The van der Waals surface area contributed by atoms with Gasteiger partial charge in [-0.05, 0) is 50.1 Å². The lowest BCUT2D eigenvalue weighted by Crippen LogP contribution is -2.42. The van der Waals surface area contributed by atoms with E-state index in [-0.39, 0.29) is 34.5 Å². The van der Waals surface area contributed by atoms with Crippen LogP contribution in [0.5, 0.6) is 0 Å². The van der Waals surface area contributed by atoms with Crippen molar-refractivity contribution in [2.75, 3.05) is 6.54 Å². The van der Waals surface area contributed by atoms with Crippen molar-refractivity contribution < 1.29 is 26.4 Å². The molecule has 12 heteroatoms. The summed E-state index contributed by atoms with van der Waals surface area (Å²) in [6, 6.07) is 7.67. The molecule has 3 aromatic rings. The average molecular weight is 482 g/mol. The molecule has 1 saturated heterocycles. The van der Waals surface area contributed by atoms with E-state index >= 15 is 0 Å². The summed E-state index contributed by atoms with van der Waals surface area (Å²) in [5.41, 5.74) is -0.547. The van der Waals surface area contributed by atoms with Crippen molar-refractivity contribution in [2.45, 2.75) is 49.8 Å². The monoisotopic (exact) mass is 481 g/mol. The number of aromatic nitrogens is 3. The lowest BCUT2D eigenvalue weighted by atomic mass is 10.1. The molecule has 3 heterocycles. The fraction of sp³-hybridized carbons (Fsp3) is 0.381. The van der Waals surface area contributed by atoms with E-state index in [4.69, 9.17) is 0 Å². The molecule has 0 bridgehead atoms. The van der Waals surface area contributed by atoms with Gasteiger partial charge in [0.15, 0.2) is 11.5 Å². The maximum atomic E-state index is 13.1. The zero-order chi connectivity index (χ0) is 23.8. The Morgan fingerprint density at radius 2 is 1.97 bits per heavy atom. The summed E-state index contributed by atoms with van der Waals surface area (Å²) in [5.74, 6) is -0.474. The first-order valence-electron chi connectivity index (χ1n) is 10.4. The normalized spacial score (nSPS) is 17.9. The number of fused-ring (bicyclic) bond motifs is 1. The summed E-state index contributed by atoms with van der Waals surface area (Å²) in [6.45, 7) is 2.10. The van der Waals surface area contributed by atoms with Gasteiger partial charge in [0.05, 0.1) is 17.0 Å². The predicted molar refractivity (Wildman–Crippen MR) is 113 cm³/mol. The topological polar surface area (TPSA) is 96.7 Å². The second-order valence-corrected chi connectivity index (χ2v) is 9.82. The number of amides is 1. The number of piperidine rings is 1. The van der Waals surface area contributed by atoms with Crippen LogP contribution in [0.3, 0.4) is 0 Å². The van der Waals surface area contributed by atoms with Crippen LogP contribution in [0.1, 0.15) is 47.9 Å². The fourth-order valence-electron chi connectivity index (χ4n) is 3.85. The first-order valence-corrected chi connectivity index (χ1v) is 11.8. The summed E-state index contributed by atoms with van der Waals surface area (Å²) in [7, 11) is -3.75. The number of benzene rings is 1. The lowest BCUT2D eigenvalue weighted by Gasteiger charge is -2.32. The molecule has 0 unspecified atom stereocenters. The highest BCUT2D eigenvalue weighted by Crippen LogP contribution is 2.29. The van der Waals surface area contributed by atoms with Gasteiger partial charge in [-0.15, -0.1) is 10.2 Å². The van der Waals surface area contributed by atoms with Crippen LogP contribution in [0, 0.1) is 0 Å². The maximum absolute atomic E-state index is 13.1. The van der Waals surface area contributed by atoms with Crippen LogP contribution in [0.25, 0.3) is 5.65 Å². The van der Waals surface area contributed by atoms with E-state index in [2.05, 4.69) is 15.5 Å². The van der Waals surface area contributed by atoms with Crippen molar-refractivity contribution in [3.8, 4) is 0 Å². The summed E-state index contributed by atoms with van der Waals surface area (Å²) in [5, 5.41) is 10.2. The highest BCUT2D eigenvalue weighted by Gasteiger charge is 2.32. The number of nitrogens with one attached hydrogen (secondary N) is 1. The average Bonchev–Trinajstić information content (AvgIpc) is 3.19. The van der Waals surface area contributed by atoms with Crippen LogP contribution in [-0.2, 0) is 22.7 Å². The molecule has 176 valence electrons. The first kappa shape index (κ1) is 23.2. The van der Waals surface area contributed by atoms with Gasteiger partial charge >= 0.3 is 6.18 Å². The third kappa shape index (κ3) is 4.71. The number of hydrogen-bond donors (Lipinski definition) is 1. The first-order chi connectivity index (χ1) is 15.6. The van der Waals surface area contributed by atoms with E-state index < -0.39 is 27.7 Å². The second-order valence-electron chi connectivity index (χ2n) is 7.93. The molecular formula is C21H22F3N5O3S. The summed E-state index contributed by atoms with van der Waals surface area (Å²) in [6.07, 6.45) is -1.13. The third-order valence-corrected chi connectivity index (χ3v) is 7.66. The van der Waals surface area contributed by atoms with Gasteiger partial charge in [-0.2, -0.15) is 17.5 Å². The second kappa shape index (κ2) is 8.75. The summed E-state index contributed by atoms with van der Waals surface area (Å²) in [4.78, 5) is 12.7. The molecule has 8 nitrogen and oxygen atoms in total. The molecule has 1 aromatic carbocycles. The van der Waals surface area contributed by atoms with E-state index in [1.807, 2.05) is 6.92 Å². The standard InChI is InChI=1S/C21H22F3N5O3S/c1-14-5-2-3-10-29(14)33(31,32)17-7-4-6-15(11-17)20(30)25-12-19-27-26-18-9-8-16(13-28(18)19)21(22,23)24/h4,6-9,11,13-14H,2-3,5,10,12H2,1H3,(H,25,30)/t14-/m1/s1. The van der Waals surface area contributed by atoms with Crippen LogP contribution in [-0.4, -0.2) is 45.8 Å². The highest BCUT2D eigenvalue weighted by atomic mass is 32.2. The largest absolute Gasteiger partial charge is 0.417 e. The van der Waals surface area contributed by atoms with Gasteiger partial charge in [0, 0.05) is 24.3 Å². The molecule has 1 fully saturated rings. The van der Waals surface area contributed by atoms with Gasteiger partial charge in [-0.1, -0.05) is 12.5 Å². The molecule has 1 aliphatic rings. The molecule has 1 aliphatic heterocycles. The SMILES string of the molecule is C[C@@H]1CCCCN1S(=O)(=O)c1cccc(C(=O)NCc2nnc3ccc(C(F)(F)F)cn23)c1. The molecular weight excluding hydrogens is 459 g/mol. The van der Waals surface area contributed by atoms with Crippen LogP contribution < -0.4 is 5.32 Å². The Morgan fingerprint density at radius 3 is 2.70 bits per heavy atom. The van der Waals surface area contributed by atoms with Gasteiger partial charge in [-0.25, -0.2) is 8.42 Å². The van der Waals surface area contributed by atoms with Crippen molar-refractivity contribution in [3.05, 3.63) is 59.5 Å². The minimum atomic E-state index is -4.53. The number of nitrogens with zero attached hydrogens (tertiary/aromatic N) is 4. The van der Waals surface area contributed by atoms with Crippen LogP contribution in [0.4, 0.5) is 13.2 Å². The molecule has 0 aliphatic carbocycles. The fourth-order valence-corrected chi connectivity index (χ4v) is 5.60. The summed E-state index contributed by atoms with van der Waals surface area (Å²) >= 11 is 0. The molecule has 0 spiro atoms. The van der Waals surface area contributed by atoms with E-state index in [0.717, 1.165) is 35.9 Å². The Morgan fingerprint density at radius 1 is 1.18 bits per heavy atom.